The molecule has 1 aliphatic heterocycles. The Labute approximate surface area is 126 Å². The number of aliphatic hydroxyl groups is 1. The molecule has 0 spiro atoms. The number of aliphatic hydroxyl groups excluding tert-OH is 1. The van der Waals surface area contributed by atoms with Crippen LogP contribution in [0.3, 0.4) is 0 Å². The zero-order valence-corrected chi connectivity index (χ0v) is 12.7. The van der Waals surface area contributed by atoms with E-state index in [0.717, 1.165) is 30.5 Å². The van der Waals surface area contributed by atoms with Crippen molar-refractivity contribution in [1.82, 2.24) is 4.90 Å². The zero-order valence-electron chi connectivity index (χ0n) is 12.0. The van der Waals surface area contributed by atoms with Crippen LogP contribution in [0.5, 0.6) is 0 Å². The predicted molar refractivity (Wildman–Crippen MR) is 83.0 cm³/mol. The Morgan fingerprint density at radius 3 is 2.95 bits per heavy atom. The Kier molecular flexibility index (Phi) is 4.65. The molecule has 3 unspecified atom stereocenters. The van der Waals surface area contributed by atoms with Crippen LogP contribution >= 0.6 is 11.6 Å². The van der Waals surface area contributed by atoms with Gasteiger partial charge in [0.1, 0.15) is 0 Å². The van der Waals surface area contributed by atoms with Gasteiger partial charge in [-0.25, -0.2) is 0 Å². The number of hydrogen-bond acceptors (Lipinski definition) is 2. The third-order valence-electron chi connectivity index (χ3n) is 5.03. The molecule has 110 valence electrons. The molecule has 1 aromatic rings. The first kappa shape index (κ1) is 14.4. The summed E-state index contributed by atoms with van der Waals surface area (Å²) in [4.78, 5) is 2.62. The summed E-state index contributed by atoms with van der Waals surface area (Å²) in [5.41, 5.74) is 0.942. The fourth-order valence-corrected chi connectivity index (χ4v) is 4.20. The minimum absolute atomic E-state index is 0.393. The first-order chi connectivity index (χ1) is 9.74. The lowest BCUT2D eigenvalue weighted by atomic mass is 9.91. The minimum atomic E-state index is -0.393. The van der Waals surface area contributed by atoms with Crippen molar-refractivity contribution in [3.63, 3.8) is 0 Å². The third kappa shape index (κ3) is 3.19. The van der Waals surface area contributed by atoms with Gasteiger partial charge in [-0.2, -0.15) is 0 Å². The van der Waals surface area contributed by atoms with E-state index in [9.17, 15) is 5.11 Å². The molecule has 2 nitrogen and oxygen atoms in total. The molecule has 0 amide bonds. The minimum Gasteiger partial charge on any atom is -0.388 e. The molecule has 1 saturated heterocycles. The summed E-state index contributed by atoms with van der Waals surface area (Å²) in [5.74, 6) is 0.923. The van der Waals surface area contributed by atoms with Crippen molar-refractivity contribution in [2.75, 3.05) is 13.1 Å². The van der Waals surface area contributed by atoms with Crippen molar-refractivity contribution in [2.24, 2.45) is 5.92 Å². The predicted octanol–water partition coefficient (Wildman–Crippen LogP) is 4.03. The number of rotatable bonds is 4. The number of hydrogen-bond donors (Lipinski definition) is 1. The molecule has 0 radical (unpaired) electrons. The van der Waals surface area contributed by atoms with E-state index in [1.54, 1.807) is 0 Å². The van der Waals surface area contributed by atoms with Crippen molar-refractivity contribution < 1.29 is 5.11 Å². The molecule has 2 aliphatic rings. The molecule has 1 N–H and O–H groups in total. The van der Waals surface area contributed by atoms with Crippen LogP contribution in [0.2, 0.25) is 5.02 Å². The molecule has 1 aromatic carbocycles. The first-order valence-electron chi connectivity index (χ1n) is 7.91. The normalized spacial score (nSPS) is 28.3. The molecule has 0 bridgehead atoms. The molecular weight excluding hydrogens is 270 g/mol. The van der Waals surface area contributed by atoms with Gasteiger partial charge >= 0.3 is 0 Å². The molecule has 3 atom stereocenters. The average molecular weight is 294 g/mol. The fourth-order valence-electron chi connectivity index (χ4n) is 4.00. The van der Waals surface area contributed by atoms with Gasteiger partial charge in [0.05, 0.1) is 6.10 Å². The number of piperidine rings is 1. The molecular formula is C17H24ClNO. The van der Waals surface area contributed by atoms with Crippen molar-refractivity contribution in [3.05, 3.63) is 34.9 Å². The lowest BCUT2D eigenvalue weighted by Gasteiger charge is -2.38. The number of fused-ring (bicyclic) bond motifs is 1. The molecule has 1 aliphatic carbocycles. The zero-order chi connectivity index (χ0) is 13.9. The lowest BCUT2D eigenvalue weighted by molar-refractivity contribution is 0.0834. The maximum Gasteiger partial charge on any atom is 0.0802 e. The van der Waals surface area contributed by atoms with Gasteiger partial charge in [0, 0.05) is 17.6 Å². The second-order valence-corrected chi connectivity index (χ2v) is 6.73. The van der Waals surface area contributed by atoms with Gasteiger partial charge in [-0.15, -0.1) is 0 Å². The van der Waals surface area contributed by atoms with Crippen LogP contribution in [0.1, 0.15) is 50.2 Å². The molecule has 3 rings (SSSR count). The highest BCUT2D eigenvalue weighted by atomic mass is 35.5. The van der Waals surface area contributed by atoms with Crippen LogP contribution in [0.25, 0.3) is 0 Å². The van der Waals surface area contributed by atoms with Crippen molar-refractivity contribution >= 4 is 11.6 Å². The Morgan fingerprint density at radius 1 is 1.25 bits per heavy atom. The fraction of sp³-hybridized carbons (Fsp3) is 0.647. The largest absolute Gasteiger partial charge is 0.388 e. The standard InChI is InChI=1S/C17H24ClNO/c18-15-7-1-5-14(12-15)17(20)9-11-19-10-3-6-13-4-2-8-16(13)19/h1,5,7,12-13,16-17,20H,2-4,6,8-11H2. The Bertz CT molecular complexity index is 450. The summed E-state index contributed by atoms with van der Waals surface area (Å²) in [6.07, 6.45) is 7.32. The quantitative estimate of drug-likeness (QED) is 0.906. The summed E-state index contributed by atoms with van der Waals surface area (Å²) in [6.45, 7) is 2.22. The molecule has 1 saturated carbocycles. The lowest BCUT2D eigenvalue weighted by Crippen LogP contribution is -2.43. The molecule has 1 heterocycles. The highest BCUT2D eigenvalue weighted by Gasteiger charge is 2.34. The van der Waals surface area contributed by atoms with E-state index in [0.29, 0.717) is 5.02 Å². The number of benzene rings is 1. The van der Waals surface area contributed by atoms with Crippen LogP contribution in [0.15, 0.2) is 24.3 Å². The Balaban J connectivity index is 1.56. The SMILES string of the molecule is OC(CCN1CCCC2CCCC21)c1cccc(Cl)c1. The van der Waals surface area contributed by atoms with Gasteiger partial charge < -0.3 is 10.0 Å². The monoisotopic (exact) mass is 293 g/mol. The van der Waals surface area contributed by atoms with E-state index in [-0.39, 0.29) is 0 Å². The summed E-state index contributed by atoms with van der Waals surface area (Å²) in [7, 11) is 0. The van der Waals surface area contributed by atoms with Gasteiger partial charge in [-0.05, 0) is 62.3 Å². The second-order valence-electron chi connectivity index (χ2n) is 6.30. The second kappa shape index (κ2) is 6.46. The van der Waals surface area contributed by atoms with Crippen LogP contribution in [-0.2, 0) is 0 Å². The Morgan fingerprint density at radius 2 is 2.10 bits per heavy atom. The van der Waals surface area contributed by atoms with Crippen molar-refractivity contribution in [2.45, 2.75) is 50.7 Å². The van der Waals surface area contributed by atoms with Gasteiger partial charge in [-0.1, -0.05) is 30.2 Å². The van der Waals surface area contributed by atoms with Crippen LogP contribution in [0, 0.1) is 5.92 Å². The van der Waals surface area contributed by atoms with E-state index >= 15 is 0 Å². The van der Waals surface area contributed by atoms with Crippen LogP contribution in [0.4, 0.5) is 0 Å². The molecule has 0 aromatic heterocycles. The molecule has 3 heteroatoms. The molecule has 2 fully saturated rings. The first-order valence-corrected chi connectivity index (χ1v) is 8.29. The van der Waals surface area contributed by atoms with E-state index in [2.05, 4.69) is 4.90 Å². The topological polar surface area (TPSA) is 23.5 Å². The van der Waals surface area contributed by atoms with Gasteiger partial charge in [0.2, 0.25) is 0 Å². The number of likely N-dealkylation sites (tertiary alicyclic amines) is 1. The summed E-state index contributed by atoms with van der Waals surface area (Å²) < 4.78 is 0. The Hall–Kier alpha value is -0.570. The third-order valence-corrected chi connectivity index (χ3v) is 5.27. The summed E-state index contributed by atoms with van der Waals surface area (Å²) in [6, 6.07) is 8.39. The van der Waals surface area contributed by atoms with E-state index in [1.165, 1.54) is 38.6 Å². The summed E-state index contributed by atoms with van der Waals surface area (Å²) >= 11 is 5.99. The van der Waals surface area contributed by atoms with Gasteiger partial charge in [0.15, 0.2) is 0 Å². The maximum absolute atomic E-state index is 10.3. The number of nitrogens with zero attached hydrogens (tertiary/aromatic N) is 1. The molecule has 20 heavy (non-hydrogen) atoms. The van der Waals surface area contributed by atoms with Gasteiger partial charge in [-0.3, -0.25) is 0 Å². The number of halogens is 1. The van der Waals surface area contributed by atoms with E-state index in [4.69, 9.17) is 11.6 Å². The van der Waals surface area contributed by atoms with Crippen molar-refractivity contribution in [1.29, 1.82) is 0 Å². The highest BCUT2D eigenvalue weighted by molar-refractivity contribution is 6.30. The van der Waals surface area contributed by atoms with Crippen molar-refractivity contribution in [3.8, 4) is 0 Å². The van der Waals surface area contributed by atoms with Crippen LogP contribution in [-0.4, -0.2) is 29.1 Å². The van der Waals surface area contributed by atoms with Gasteiger partial charge in [0.25, 0.3) is 0 Å². The van der Waals surface area contributed by atoms with E-state index < -0.39 is 6.10 Å². The average Bonchev–Trinajstić information content (AvgIpc) is 2.93. The van der Waals surface area contributed by atoms with E-state index in [1.807, 2.05) is 24.3 Å². The highest BCUT2D eigenvalue weighted by Crippen LogP contribution is 2.37. The maximum atomic E-state index is 10.3. The smallest absolute Gasteiger partial charge is 0.0802 e. The van der Waals surface area contributed by atoms with Crippen LogP contribution < -0.4 is 0 Å². The summed E-state index contributed by atoms with van der Waals surface area (Å²) in [5, 5.41) is 11.0.